The van der Waals surface area contributed by atoms with E-state index in [-0.39, 0.29) is 55.0 Å². The molecule has 0 aromatic heterocycles. The van der Waals surface area contributed by atoms with Crippen molar-refractivity contribution in [3.05, 3.63) is 84.4 Å². The van der Waals surface area contributed by atoms with Gasteiger partial charge in [0.05, 0.1) is 24.1 Å². The highest BCUT2D eigenvalue weighted by molar-refractivity contribution is 6.48. The number of rotatable bonds is 27. The van der Waals surface area contributed by atoms with E-state index in [2.05, 4.69) is 59.3 Å². The Balaban J connectivity index is 1.37. The number of carbonyl (C=O) groups is 9. The molecule has 1 heterocycles. The van der Waals surface area contributed by atoms with Crippen molar-refractivity contribution in [2.24, 2.45) is 23.2 Å². The van der Waals surface area contributed by atoms with Crippen LogP contribution < -0.4 is 31.9 Å². The monoisotopic (exact) mass is 1210 g/mol. The van der Waals surface area contributed by atoms with Crippen LogP contribution in [0.3, 0.4) is 0 Å². The third kappa shape index (κ3) is 19.7. The summed E-state index contributed by atoms with van der Waals surface area (Å²) in [6.45, 7) is 26.8. The molecule has 20 nitrogen and oxygen atoms in total. The van der Waals surface area contributed by atoms with Crippen LogP contribution in [0.25, 0.3) is 0 Å². The first kappa shape index (κ1) is 69.5. The molecular formula is C66H97BN6O14. The Hall–Kier alpha value is -6.61. The number of amides is 6. The molecule has 3 saturated carbocycles. The van der Waals surface area contributed by atoms with Crippen molar-refractivity contribution in [3.8, 4) is 0 Å². The largest absolute Gasteiger partial charge is 0.482 e. The van der Waals surface area contributed by atoms with E-state index in [1.165, 1.54) is 0 Å². The van der Waals surface area contributed by atoms with Crippen LogP contribution in [0.5, 0.6) is 0 Å². The first-order chi connectivity index (χ1) is 40.7. The first-order valence-corrected chi connectivity index (χ1v) is 31.2. The van der Waals surface area contributed by atoms with Crippen molar-refractivity contribution in [1.82, 2.24) is 31.9 Å². The normalized spacial score (nSPS) is 22.0. The molecule has 4 aliphatic rings. The summed E-state index contributed by atoms with van der Waals surface area (Å²) in [7, 11) is -0.788. The molecule has 4 unspecified atom stereocenters. The van der Waals surface area contributed by atoms with Gasteiger partial charge in [-0.25, -0.2) is 0 Å². The van der Waals surface area contributed by atoms with Crippen LogP contribution in [0, 0.1) is 23.2 Å². The Kier molecular flexibility index (Phi) is 23.6. The van der Waals surface area contributed by atoms with Crippen LogP contribution in [-0.4, -0.2) is 125 Å². The predicted octanol–water partition coefficient (Wildman–Crippen LogP) is 7.54. The molecule has 3 aliphatic carbocycles. The van der Waals surface area contributed by atoms with Gasteiger partial charge in [0.1, 0.15) is 47.0 Å². The van der Waals surface area contributed by atoms with E-state index in [9.17, 15) is 28.8 Å². The second-order valence-electron chi connectivity index (χ2n) is 27.9. The zero-order chi connectivity index (χ0) is 64.2. The van der Waals surface area contributed by atoms with Crippen LogP contribution in [0.1, 0.15) is 197 Å². The summed E-state index contributed by atoms with van der Waals surface area (Å²) in [6, 6.07) is 10.3. The maximum atomic E-state index is 15.7. The van der Waals surface area contributed by atoms with Crippen LogP contribution in [0.4, 0.5) is 0 Å². The van der Waals surface area contributed by atoms with Crippen LogP contribution in [0.2, 0.25) is 0 Å². The molecule has 2 aromatic rings. The summed E-state index contributed by atoms with van der Waals surface area (Å²) in [5.74, 6) is -7.98. The van der Waals surface area contributed by atoms with E-state index in [4.69, 9.17) is 23.5 Å². The summed E-state index contributed by atoms with van der Waals surface area (Å²) in [6.07, 6.45) is 6.72. The lowest BCUT2D eigenvalue weighted by molar-refractivity contribution is -0.157. The SMILES string of the molecule is C=CC[C@H](NC(=O)[C@H](CC1CCCCC1)NC(=O)[C@H](CCC(=O)OC(C)(C)C)NC(=O)C(NC(=O)[C@H](CCC(=O)OC(C)(C)C)NC(=O)[C@H](CC(=O)OC(C)(C)C)NC(C)=O)C(c1ccccc1)c1ccccc1)B1OC2C3CCC(C3(C)C)[C@]2(C)O1. The van der Waals surface area contributed by atoms with Crippen LogP contribution in [0.15, 0.2) is 73.3 Å². The first-order valence-electron chi connectivity index (χ1n) is 31.2. The molecule has 4 fully saturated rings. The Morgan fingerprint density at radius 2 is 1.07 bits per heavy atom. The zero-order valence-corrected chi connectivity index (χ0v) is 53.6. The fourth-order valence-corrected chi connectivity index (χ4v) is 13.3. The molecule has 1 saturated heterocycles. The number of nitrogens with one attached hydrogen (secondary N) is 6. The third-order valence-corrected chi connectivity index (χ3v) is 17.0. The van der Waals surface area contributed by atoms with Gasteiger partial charge in [0.25, 0.3) is 0 Å². The van der Waals surface area contributed by atoms with Gasteiger partial charge in [0.2, 0.25) is 35.4 Å². The number of esters is 3. The Morgan fingerprint density at radius 3 is 1.56 bits per heavy atom. The number of ether oxygens (including phenoxy) is 3. The van der Waals surface area contributed by atoms with Gasteiger partial charge < -0.3 is 55.4 Å². The third-order valence-electron chi connectivity index (χ3n) is 17.0. The summed E-state index contributed by atoms with van der Waals surface area (Å²) < 4.78 is 30.3. The van der Waals surface area contributed by atoms with Crippen molar-refractivity contribution in [2.45, 2.75) is 250 Å². The van der Waals surface area contributed by atoms with Gasteiger partial charge in [0, 0.05) is 25.7 Å². The highest BCUT2D eigenvalue weighted by Crippen LogP contribution is 2.66. The molecule has 2 bridgehead atoms. The van der Waals surface area contributed by atoms with Gasteiger partial charge in [-0.3, -0.25) is 43.2 Å². The Bertz CT molecular complexity index is 2720. The van der Waals surface area contributed by atoms with Gasteiger partial charge in [-0.2, -0.15) is 0 Å². The molecule has 0 radical (unpaired) electrons. The van der Waals surface area contributed by atoms with Crippen molar-refractivity contribution in [1.29, 1.82) is 0 Å². The summed E-state index contributed by atoms with van der Waals surface area (Å²) in [4.78, 5) is 128. The number of carbonyl (C=O) groups excluding carboxylic acids is 9. The van der Waals surface area contributed by atoms with Gasteiger partial charge in [0.15, 0.2) is 0 Å². The summed E-state index contributed by atoms with van der Waals surface area (Å²) in [5.41, 5.74) is -2.18. The van der Waals surface area contributed by atoms with E-state index in [1.807, 2.05) is 0 Å². The van der Waals surface area contributed by atoms with E-state index in [0.717, 1.165) is 51.9 Å². The van der Waals surface area contributed by atoms with Crippen molar-refractivity contribution in [3.63, 3.8) is 0 Å². The topological polar surface area (TPSA) is 272 Å². The molecule has 10 atom stereocenters. The molecule has 478 valence electrons. The van der Waals surface area contributed by atoms with E-state index < -0.39 is 138 Å². The quantitative estimate of drug-likeness (QED) is 0.0218. The van der Waals surface area contributed by atoms with Crippen LogP contribution >= 0.6 is 0 Å². The molecule has 6 amide bonds. The Labute approximate surface area is 515 Å². The van der Waals surface area contributed by atoms with Gasteiger partial charge in [-0.05, 0) is 142 Å². The maximum absolute atomic E-state index is 15.7. The van der Waals surface area contributed by atoms with E-state index >= 15 is 14.4 Å². The van der Waals surface area contributed by atoms with Crippen LogP contribution in [-0.2, 0) is 66.7 Å². The minimum Gasteiger partial charge on any atom is -0.460 e. The Morgan fingerprint density at radius 1 is 0.598 bits per heavy atom. The van der Waals surface area contributed by atoms with E-state index in [1.54, 1.807) is 129 Å². The molecule has 21 heteroatoms. The standard InChI is InChI=1S/C66H97BN6O14/c1-15-25-50(67-86-56-44-32-35-49(65(44,12)13)66(56,14)87-67)72-60(81)47(38-41-26-19-16-20-27-41)71-57(78)45(33-36-51(75)83-62(3,4)5)70-61(82)55(54(42-28-21-17-22-29-42)43-30-23-18-24-31-43)73-58(79)46(34-37-52(76)84-63(6,7)8)69-59(80)48(68-40(2)74)39-53(77)85-64(9,10)11/h15,17-18,21-24,28-31,41,44-50,54-56H,1,16,19-20,25-27,32-39H2,2-14H3,(H,68,74)(H,69,80)(H,70,82)(H,71,78)(H,72,81)(H,73,79)/t44?,45-,46-,47-,48-,49?,50-,55?,56?,66-/m0/s1. The number of hydrogen-bond donors (Lipinski definition) is 6. The van der Waals surface area contributed by atoms with Crippen molar-refractivity contribution in [2.75, 3.05) is 0 Å². The maximum Gasteiger partial charge on any atom is 0.482 e. The second-order valence-corrected chi connectivity index (χ2v) is 27.9. The molecular weight excluding hydrogens is 1110 g/mol. The molecule has 0 spiro atoms. The van der Waals surface area contributed by atoms with Gasteiger partial charge in [-0.15, -0.1) is 6.58 Å². The smallest absolute Gasteiger partial charge is 0.460 e. The van der Waals surface area contributed by atoms with Crippen molar-refractivity contribution >= 4 is 60.5 Å². The minimum absolute atomic E-state index is 0.0242. The lowest BCUT2D eigenvalue weighted by atomic mass is 9.74. The second kappa shape index (κ2) is 29.6. The van der Waals surface area contributed by atoms with E-state index in [0.29, 0.717) is 17.5 Å². The lowest BCUT2D eigenvalue weighted by Crippen LogP contribution is -2.61. The molecule has 6 rings (SSSR count). The average molecular weight is 1210 g/mol. The zero-order valence-electron chi connectivity index (χ0n) is 53.6. The number of hydrogen-bond acceptors (Lipinski definition) is 14. The predicted molar refractivity (Wildman–Crippen MR) is 329 cm³/mol. The average Bonchev–Trinajstić information content (AvgIpc) is 1.53. The summed E-state index contributed by atoms with van der Waals surface area (Å²) in [5, 5.41) is 17.0. The number of fused-ring (bicyclic) bond motifs is 5. The van der Waals surface area contributed by atoms with Gasteiger partial charge >= 0.3 is 25.0 Å². The summed E-state index contributed by atoms with van der Waals surface area (Å²) >= 11 is 0. The number of benzene rings is 2. The minimum atomic E-state index is -1.61. The highest BCUT2D eigenvalue weighted by Gasteiger charge is 2.71. The highest BCUT2D eigenvalue weighted by atomic mass is 16.7. The molecule has 6 N–H and O–H groups in total. The molecule has 87 heavy (non-hydrogen) atoms. The molecule has 1 aliphatic heterocycles. The van der Waals surface area contributed by atoms with Gasteiger partial charge in [-0.1, -0.05) is 113 Å². The lowest BCUT2D eigenvalue weighted by Gasteiger charge is -2.35. The molecule has 2 aromatic carbocycles. The van der Waals surface area contributed by atoms with Crippen molar-refractivity contribution < 1.29 is 66.7 Å². The fraction of sp³-hybridized carbons (Fsp3) is 0.652. The fourth-order valence-electron chi connectivity index (χ4n) is 13.3.